The van der Waals surface area contributed by atoms with Gasteiger partial charge in [-0.3, -0.25) is 0 Å². The van der Waals surface area contributed by atoms with Gasteiger partial charge >= 0.3 is 0 Å². The fraction of sp³-hybridized carbons (Fsp3) is 0.818. The van der Waals surface area contributed by atoms with Crippen LogP contribution in [-0.4, -0.2) is 13.1 Å². The Balaban J connectivity index is 1.95. The topological polar surface area (TPSA) is 12.0 Å². The second kappa shape index (κ2) is 6.61. The van der Waals surface area contributed by atoms with Crippen LogP contribution >= 0.6 is 15.9 Å². The molecule has 0 saturated heterocycles. The van der Waals surface area contributed by atoms with Crippen LogP contribution in [0, 0.1) is 5.92 Å². The molecular formula is C11H20BrN. The number of hydrogen-bond acceptors (Lipinski definition) is 1. The van der Waals surface area contributed by atoms with Crippen LogP contribution < -0.4 is 5.32 Å². The van der Waals surface area contributed by atoms with Crippen molar-refractivity contribution in [2.45, 2.75) is 38.5 Å². The average molecular weight is 246 g/mol. The zero-order valence-electron chi connectivity index (χ0n) is 8.32. The van der Waals surface area contributed by atoms with Crippen LogP contribution in [-0.2, 0) is 0 Å². The van der Waals surface area contributed by atoms with Crippen molar-refractivity contribution in [1.29, 1.82) is 0 Å². The lowest BCUT2D eigenvalue weighted by molar-refractivity contribution is 0.335. The Morgan fingerprint density at radius 1 is 1.31 bits per heavy atom. The summed E-state index contributed by atoms with van der Waals surface area (Å²) in [7, 11) is 0. The maximum atomic E-state index is 3.79. The van der Waals surface area contributed by atoms with Gasteiger partial charge < -0.3 is 5.32 Å². The molecule has 1 aliphatic carbocycles. The molecular weight excluding hydrogens is 226 g/mol. The van der Waals surface area contributed by atoms with Crippen molar-refractivity contribution in [3.63, 3.8) is 0 Å². The van der Waals surface area contributed by atoms with Crippen LogP contribution in [0.2, 0.25) is 0 Å². The third-order valence-corrected chi connectivity index (χ3v) is 3.05. The molecule has 0 bridgehead atoms. The summed E-state index contributed by atoms with van der Waals surface area (Å²) < 4.78 is 1.05. The zero-order chi connectivity index (χ0) is 9.52. The highest BCUT2D eigenvalue weighted by Gasteiger charge is 2.12. The van der Waals surface area contributed by atoms with Crippen LogP contribution in [0.15, 0.2) is 11.1 Å². The van der Waals surface area contributed by atoms with Crippen molar-refractivity contribution in [3.8, 4) is 0 Å². The highest BCUT2D eigenvalue weighted by atomic mass is 79.9. The normalized spacial score (nSPS) is 18.8. The van der Waals surface area contributed by atoms with E-state index >= 15 is 0 Å². The van der Waals surface area contributed by atoms with E-state index in [1.165, 1.54) is 38.5 Å². The van der Waals surface area contributed by atoms with E-state index < -0.39 is 0 Å². The first-order chi connectivity index (χ1) is 6.29. The summed E-state index contributed by atoms with van der Waals surface area (Å²) in [6.45, 7) is 5.85. The molecule has 0 spiro atoms. The second-order valence-corrected chi connectivity index (χ2v) is 5.11. The van der Waals surface area contributed by atoms with E-state index in [4.69, 9.17) is 0 Å². The average Bonchev–Trinajstić information content (AvgIpc) is 2.14. The van der Waals surface area contributed by atoms with E-state index in [9.17, 15) is 0 Å². The summed E-state index contributed by atoms with van der Waals surface area (Å²) in [4.78, 5) is 0. The van der Waals surface area contributed by atoms with Gasteiger partial charge in [0, 0.05) is 11.0 Å². The van der Waals surface area contributed by atoms with Gasteiger partial charge in [-0.15, -0.1) is 0 Å². The van der Waals surface area contributed by atoms with Gasteiger partial charge in [0.15, 0.2) is 0 Å². The summed E-state index contributed by atoms with van der Waals surface area (Å²) in [6.07, 6.45) is 8.63. The molecule has 0 aliphatic heterocycles. The predicted molar refractivity (Wildman–Crippen MR) is 62.1 cm³/mol. The van der Waals surface area contributed by atoms with Gasteiger partial charge in [-0.05, 0) is 18.9 Å². The van der Waals surface area contributed by atoms with Crippen LogP contribution in [0.4, 0.5) is 0 Å². The summed E-state index contributed by atoms with van der Waals surface area (Å²) in [5.41, 5.74) is 0. The van der Waals surface area contributed by atoms with Crippen molar-refractivity contribution in [1.82, 2.24) is 5.32 Å². The minimum Gasteiger partial charge on any atom is -0.312 e. The third kappa shape index (κ3) is 5.48. The molecule has 0 radical (unpaired) electrons. The molecule has 13 heavy (non-hydrogen) atoms. The van der Waals surface area contributed by atoms with Crippen LogP contribution in [0.25, 0.3) is 0 Å². The van der Waals surface area contributed by atoms with Gasteiger partial charge in [0.25, 0.3) is 0 Å². The highest BCUT2D eigenvalue weighted by molar-refractivity contribution is 9.11. The molecule has 1 fully saturated rings. The largest absolute Gasteiger partial charge is 0.312 e. The molecule has 1 rings (SSSR count). The zero-order valence-corrected chi connectivity index (χ0v) is 9.91. The number of halogens is 1. The van der Waals surface area contributed by atoms with Gasteiger partial charge in [-0.25, -0.2) is 0 Å². The Hall–Kier alpha value is 0.180. The Bertz CT molecular complexity index is 150. The lowest BCUT2D eigenvalue weighted by Crippen LogP contribution is -2.20. The Labute approximate surface area is 90.1 Å². The number of hydrogen-bond donors (Lipinski definition) is 1. The molecule has 1 aliphatic rings. The van der Waals surface area contributed by atoms with E-state index in [-0.39, 0.29) is 0 Å². The van der Waals surface area contributed by atoms with E-state index in [0.29, 0.717) is 0 Å². The van der Waals surface area contributed by atoms with Gasteiger partial charge in [-0.2, -0.15) is 0 Å². The van der Waals surface area contributed by atoms with E-state index in [0.717, 1.165) is 23.5 Å². The van der Waals surface area contributed by atoms with E-state index in [1.807, 2.05) is 0 Å². The molecule has 0 aromatic rings. The quantitative estimate of drug-likeness (QED) is 0.732. The maximum Gasteiger partial charge on any atom is 0.0265 e. The van der Waals surface area contributed by atoms with Crippen LogP contribution in [0.1, 0.15) is 38.5 Å². The monoisotopic (exact) mass is 245 g/mol. The first-order valence-electron chi connectivity index (χ1n) is 5.33. The van der Waals surface area contributed by atoms with Crippen molar-refractivity contribution < 1.29 is 0 Å². The molecule has 1 N–H and O–H groups in total. The van der Waals surface area contributed by atoms with Crippen molar-refractivity contribution in [3.05, 3.63) is 11.1 Å². The summed E-state index contributed by atoms with van der Waals surface area (Å²) in [6, 6.07) is 0. The second-order valence-electron chi connectivity index (χ2n) is 3.99. The van der Waals surface area contributed by atoms with E-state index in [2.05, 4.69) is 27.8 Å². The number of rotatable bonds is 5. The van der Waals surface area contributed by atoms with Crippen molar-refractivity contribution in [2.75, 3.05) is 13.1 Å². The molecule has 0 amide bonds. The lowest BCUT2D eigenvalue weighted by Gasteiger charge is -2.21. The van der Waals surface area contributed by atoms with Gasteiger partial charge in [0.05, 0.1) is 0 Å². The summed E-state index contributed by atoms with van der Waals surface area (Å²) >= 11 is 3.34. The van der Waals surface area contributed by atoms with Gasteiger partial charge in [-0.1, -0.05) is 54.6 Å². The Kier molecular flexibility index (Phi) is 5.72. The molecule has 0 aromatic carbocycles. The standard InChI is InChI=1S/C11H20BrN/c1-10(12)9-13-8-7-11-5-3-2-4-6-11/h11,13H,1-9H2. The Morgan fingerprint density at radius 2 is 2.00 bits per heavy atom. The summed E-state index contributed by atoms with van der Waals surface area (Å²) in [5.74, 6) is 0.991. The van der Waals surface area contributed by atoms with Crippen LogP contribution in [0.5, 0.6) is 0 Å². The fourth-order valence-corrected chi connectivity index (χ4v) is 2.20. The minimum atomic E-state index is 0.909. The molecule has 0 atom stereocenters. The fourth-order valence-electron chi connectivity index (χ4n) is 2.01. The smallest absolute Gasteiger partial charge is 0.0265 e. The lowest BCUT2D eigenvalue weighted by atomic mass is 9.87. The number of nitrogens with one attached hydrogen (secondary N) is 1. The van der Waals surface area contributed by atoms with Gasteiger partial charge in [0.2, 0.25) is 0 Å². The molecule has 1 saturated carbocycles. The molecule has 0 heterocycles. The molecule has 76 valence electrons. The summed E-state index contributed by atoms with van der Waals surface area (Å²) in [5, 5.41) is 3.39. The first-order valence-corrected chi connectivity index (χ1v) is 6.12. The maximum absolute atomic E-state index is 3.79. The SMILES string of the molecule is C=C(Br)CNCCC1CCCCC1. The first kappa shape index (κ1) is 11.3. The Morgan fingerprint density at radius 3 is 2.62 bits per heavy atom. The van der Waals surface area contributed by atoms with E-state index in [1.54, 1.807) is 0 Å². The molecule has 2 heteroatoms. The van der Waals surface area contributed by atoms with Crippen molar-refractivity contribution >= 4 is 15.9 Å². The molecule has 1 nitrogen and oxygen atoms in total. The van der Waals surface area contributed by atoms with Crippen LogP contribution in [0.3, 0.4) is 0 Å². The van der Waals surface area contributed by atoms with Gasteiger partial charge in [0.1, 0.15) is 0 Å². The minimum absolute atomic E-state index is 0.909. The molecule has 0 unspecified atom stereocenters. The predicted octanol–water partition coefficient (Wildman–Crippen LogP) is 3.46. The van der Waals surface area contributed by atoms with Crippen molar-refractivity contribution in [2.24, 2.45) is 5.92 Å². The third-order valence-electron chi connectivity index (χ3n) is 2.77. The molecule has 0 aromatic heterocycles. The highest BCUT2D eigenvalue weighted by Crippen LogP contribution is 2.25.